The maximum atomic E-state index is 11.2. The van der Waals surface area contributed by atoms with E-state index in [-0.39, 0.29) is 5.97 Å². The molecule has 0 saturated carbocycles. The number of hydrogen-bond donors (Lipinski definition) is 1. The van der Waals surface area contributed by atoms with Crippen LogP contribution in [0.3, 0.4) is 0 Å². The fourth-order valence-corrected chi connectivity index (χ4v) is 2.12. The van der Waals surface area contributed by atoms with Crippen molar-refractivity contribution in [2.75, 3.05) is 32.8 Å². The molecule has 0 bridgehead atoms. The molecule has 1 aliphatic rings. The summed E-state index contributed by atoms with van der Waals surface area (Å²) in [5.41, 5.74) is 0. The Balaban J connectivity index is 2.10. The number of ether oxygens (including phenoxy) is 1. The highest BCUT2D eigenvalue weighted by Gasteiger charge is 2.18. The van der Waals surface area contributed by atoms with E-state index in [4.69, 9.17) is 4.74 Å². The normalized spacial score (nSPS) is 18.6. The number of nitrogens with zero attached hydrogens (tertiary/aromatic N) is 1. The van der Waals surface area contributed by atoms with Crippen molar-refractivity contribution in [2.24, 2.45) is 0 Å². The zero-order valence-corrected chi connectivity index (χ0v) is 10.5. The highest BCUT2D eigenvalue weighted by molar-refractivity contribution is 5.71. The summed E-state index contributed by atoms with van der Waals surface area (Å²) >= 11 is 0. The van der Waals surface area contributed by atoms with Gasteiger partial charge in [-0.2, -0.15) is 0 Å². The first-order valence-corrected chi connectivity index (χ1v) is 6.37. The van der Waals surface area contributed by atoms with Crippen LogP contribution in [-0.4, -0.2) is 49.7 Å². The van der Waals surface area contributed by atoms with Gasteiger partial charge >= 0.3 is 5.97 Å². The van der Waals surface area contributed by atoms with E-state index in [1.807, 2.05) is 6.92 Å². The number of carbonyl (C=O) groups is 1. The van der Waals surface area contributed by atoms with Crippen LogP contribution in [0.4, 0.5) is 0 Å². The van der Waals surface area contributed by atoms with Crippen molar-refractivity contribution >= 4 is 5.97 Å². The van der Waals surface area contributed by atoms with Gasteiger partial charge in [0.2, 0.25) is 0 Å². The third kappa shape index (κ3) is 4.94. The molecule has 16 heavy (non-hydrogen) atoms. The van der Waals surface area contributed by atoms with Crippen LogP contribution in [0, 0.1) is 0 Å². The van der Waals surface area contributed by atoms with E-state index < -0.39 is 0 Å². The number of likely N-dealkylation sites (tertiary alicyclic amines) is 1. The van der Waals surface area contributed by atoms with Gasteiger partial charge in [0.1, 0.15) is 0 Å². The molecule has 0 spiro atoms. The number of nitrogens with one attached hydrogen (secondary N) is 1. The lowest BCUT2D eigenvalue weighted by Gasteiger charge is -2.31. The zero-order valence-electron chi connectivity index (χ0n) is 10.5. The predicted molar refractivity (Wildman–Crippen MR) is 64.4 cm³/mol. The molecule has 1 N–H and O–H groups in total. The fraction of sp³-hybridized carbons (Fsp3) is 0.917. The summed E-state index contributed by atoms with van der Waals surface area (Å²) in [7, 11) is 0. The summed E-state index contributed by atoms with van der Waals surface area (Å²) in [5, 5.41) is 3.27. The van der Waals surface area contributed by atoms with Gasteiger partial charge in [-0.3, -0.25) is 4.79 Å². The van der Waals surface area contributed by atoms with E-state index >= 15 is 0 Å². The lowest BCUT2D eigenvalue weighted by Crippen LogP contribution is -2.44. The topological polar surface area (TPSA) is 41.6 Å². The average Bonchev–Trinajstić information content (AvgIpc) is 2.29. The predicted octanol–water partition coefficient (Wildman–Crippen LogP) is 1.01. The molecule has 0 aliphatic carbocycles. The van der Waals surface area contributed by atoms with Crippen LogP contribution in [0.1, 0.15) is 33.1 Å². The van der Waals surface area contributed by atoms with E-state index in [0.717, 1.165) is 25.9 Å². The Morgan fingerprint density at radius 3 is 2.62 bits per heavy atom. The molecule has 0 amide bonds. The Kier molecular flexibility index (Phi) is 6.42. The van der Waals surface area contributed by atoms with Crippen LogP contribution in [0.25, 0.3) is 0 Å². The van der Waals surface area contributed by atoms with Gasteiger partial charge in [-0.1, -0.05) is 6.92 Å². The Morgan fingerprint density at radius 1 is 1.38 bits per heavy atom. The second-order valence-electron chi connectivity index (χ2n) is 4.30. The van der Waals surface area contributed by atoms with Crippen LogP contribution < -0.4 is 5.32 Å². The molecule has 4 heteroatoms. The fourth-order valence-electron chi connectivity index (χ4n) is 2.12. The van der Waals surface area contributed by atoms with Crippen molar-refractivity contribution in [2.45, 2.75) is 39.2 Å². The Labute approximate surface area is 98.3 Å². The molecular weight excluding hydrogens is 204 g/mol. The smallest absolute Gasteiger partial charge is 0.319 e. The van der Waals surface area contributed by atoms with Gasteiger partial charge in [0.15, 0.2) is 0 Å². The quantitative estimate of drug-likeness (QED) is 0.689. The van der Waals surface area contributed by atoms with Crippen molar-refractivity contribution < 1.29 is 9.53 Å². The molecule has 1 rings (SSSR count). The number of carbonyl (C=O) groups excluding carboxylic acids is 1. The molecule has 1 aliphatic heterocycles. The van der Waals surface area contributed by atoms with E-state index in [2.05, 4.69) is 17.1 Å². The number of piperidine rings is 1. The molecular formula is C12H24N2O2. The van der Waals surface area contributed by atoms with Crippen molar-refractivity contribution in [3.05, 3.63) is 0 Å². The van der Waals surface area contributed by atoms with Gasteiger partial charge < -0.3 is 15.0 Å². The molecule has 1 saturated heterocycles. The SMILES string of the molecule is CCCN1CCC(NCC(=O)OCC)CC1. The van der Waals surface area contributed by atoms with Crippen LogP contribution in [0.5, 0.6) is 0 Å². The van der Waals surface area contributed by atoms with Crippen molar-refractivity contribution in [3.8, 4) is 0 Å². The minimum Gasteiger partial charge on any atom is -0.465 e. The van der Waals surface area contributed by atoms with Gasteiger partial charge in [0, 0.05) is 6.04 Å². The van der Waals surface area contributed by atoms with E-state index in [1.54, 1.807) is 0 Å². The molecule has 4 nitrogen and oxygen atoms in total. The van der Waals surface area contributed by atoms with Crippen LogP contribution in [0.2, 0.25) is 0 Å². The highest BCUT2D eigenvalue weighted by Crippen LogP contribution is 2.10. The number of hydrogen-bond acceptors (Lipinski definition) is 4. The average molecular weight is 228 g/mol. The third-order valence-corrected chi connectivity index (χ3v) is 2.97. The van der Waals surface area contributed by atoms with Crippen molar-refractivity contribution in [3.63, 3.8) is 0 Å². The van der Waals surface area contributed by atoms with E-state index in [1.165, 1.54) is 13.0 Å². The summed E-state index contributed by atoms with van der Waals surface area (Å²) in [5.74, 6) is -0.140. The molecule has 0 aromatic heterocycles. The summed E-state index contributed by atoms with van der Waals surface area (Å²) in [6.07, 6.45) is 3.50. The van der Waals surface area contributed by atoms with Gasteiger partial charge in [-0.05, 0) is 45.8 Å². The second kappa shape index (κ2) is 7.63. The van der Waals surface area contributed by atoms with Crippen LogP contribution >= 0.6 is 0 Å². The van der Waals surface area contributed by atoms with Gasteiger partial charge in [0.05, 0.1) is 13.2 Å². The highest BCUT2D eigenvalue weighted by atomic mass is 16.5. The maximum Gasteiger partial charge on any atom is 0.319 e. The Morgan fingerprint density at radius 2 is 2.06 bits per heavy atom. The zero-order chi connectivity index (χ0) is 11.8. The van der Waals surface area contributed by atoms with Crippen LogP contribution in [0.15, 0.2) is 0 Å². The molecule has 1 heterocycles. The molecule has 0 unspecified atom stereocenters. The van der Waals surface area contributed by atoms with Gasteiger partial charge in [0.25, 0.3) is 0 Å². The summed E-state index contributed by atoms with van der Waals surface area (Å²) in [6, 6.07) is 0.484. The monoisotopic (exact) mass is 228 g/mol. The number of rotatable bonds is 6. The summed E-state index contributed by atoms with van der Waals surface area (Å²) in [6.45, 7) is 8.36. The lowest BCUT2D eigenvalue weighted by atomic mass is 10.1. The first-order valence-electron chi connectivity index (χ1n) is 6.37. The summed E-state index contributed by atoms with van der Waals surface area (Å²) < 4.78 is 4.88. The Bertz CT molecular complexity index is 201. The molecule has 0 aromatic rings. The van der Waals surface area contributed by atoms with Crippen molar-refractivity contribution in [1.82, 2.24) is 10.2 Å². The molecule has 0 atom stereocenters. The largest absolute Gasteiger partial charge is 0.465 e. The van der Waals surface area contributed by atoms with E-state index in [9.17, 15) is 4.79 Å². The first-order chi connectivity index (χ1) is 7.76. The minimum atomic E-state index is -0.140. The summed E-state index contributed by atoms with van der Waals surface area (Å²) in [4.78, 5) is 13.6. The molecule has 0 radical (unpaired) electrons. The molecule has 1 fully saturated rings. The Hall–Kier alpha value is -0.610. The van der Waals surface area contributed by atoms with Crippen LogP contribution in [-0.2, 0) is 9.53 Å². The molecule has 0 aromatic carbocycles. The second-order valence-corrected chi connectivity index (χ2v) is 4.30. The third-order valence-electron chi connectivity index (χ3n) is 2.97. The van der Waals surface area contributed by atoms with Gasteiger partial charge in [-0.15, -0.1) is 0 Å². The molecule has 94 valence electrons. The van der Waals surface area contributed by atoms with Crippen molar-refractivity contribution in [1.29, 1.82) is 0 Å². The standard InChI is InChI=1S/C12H24N2O2/c1-3-7-14-8-5-11(6-9-14)13-10-12(15)16-4-2/h11,13H,3-10H2,1-2H3. The van der Waals surface area contributed by atoms with E-state index in [0.29, 0.717) is 19.2 Å². The lowest BCUT2D eigenvalue weighted by molar-refractivity contribution is -0.142. The first kappa shape index (κ1) is 13.5. The maximum absolute atomic E-state index is 11.2. The minimum absolute atomic E-state index is 0.140. The number of esters is 1. The van der Waals surface area contributed by atoms with Gasteiger partial charge in [-0.25, -0.2) is 0 Å².